The van der Waals surface area contributed by atoms with E-state index in [1.54, 1.807) is 17.8 Å². The number of thiazole rings is 1. The lowest BCUT2D eigenvalue weighted by Crippen LogP contribution is -2.41. The van der Waals surface area contributed by atoms with Gasteiger partial charge in [-0.05, 0) is 6.92 Å². The Labute approximate surface area is 85.2 Å². The number of nitrogens with two attached hydrogens (primary N) is 1. The fourth-order valence-corrected chi connectivity index (χ4v) is 1.26. The molecule has 0 radical (unpaired) electrons. The van der Waals surface area contributed by atoms with E-state index in [1.165, 1.54) is 11.3 Å². The lowest BCUT2D eigenvalue weighted by molar-refractivity contribution is 0.0945. The van der Waals surface area contributed by atoms with E-state index in [0.29, 0.717) is 5.69 Å². The number of aromatic nitrogens is 1. The highest BCUT2D eigenvalue weighted by Gasteiger charge is 2.12. The van der Waals surface area contributed by atoms with Gasteiger partial charge < -0.3 is 11.1 Å². The fourth-order valence-electron chi connectivity index (χ4n) is 0.666. The van der Waals surface area contributed by atoms with Crippen LogP contribution in [0.25, 0.3) is 0 Å². The van der Waals surface area contributed by atoms with Gasteiger partial charge in [0, 0.05) is 5.38 Å². The first-order valence-corrected chi connectivity index (χ1v) is 4.94. The minimum absolute atomic E-state index is 0.249. The SMILES string of the molecule is CC(NC(=O)c1cscn1)C(N)=S. The lowest BCUT2D eigenvalue weighted by atomic mass is 10.3. The van der Waals surface area contributed by atoms with Gasteiger partial charge in [0.2, 0.25) is 0 Å². The number of carbonyl (C=O) groups is 1. The normalized spacial score (nSPS) is 12.1. The van der Waals surface area contributed by atoms with Crippen molar-refractivity contribution in [3.05, 3.63) is 16.6 Å². The maximum atomic E-state index is 11.3. The zero-order valence-electron chi connectivity index (χ0n) is 6.98. The molecule has 0 bridgehead atoms. The molecule has 13 heavy (non-hydrogen) atoms. The third-order valence-corrected chi connectivity index (χ3v) is 2.38. The Hall–Kier alpha value is -1.01. The molecule has 0 aliphatic rings. The van der Waals surface area contributed by atoms with Crippen LogP contribution in [0.5, 0.6) is 0 Å². The summed E-state index contributed by atoms with van der Waals surface area (Å²) in [5.74, 6) is -0.249. The second-order valence-corrected chi connectivity index (χ2v) is 3.66. The smallest absolute Gasteiger partial charge is 0.271 e. The van der Waals surface area contributed by atoms with Gasteiger partial charge in [-0.1, -0.05) is 12.2 Å². The fraction of sp³-hybridized carbons (Fsp3) is 0.286. The predicted octanol–water partition coefficient (Wildman–Crippen LogP) is 0.548. The first-order chi connectivity index (χ1) is 6.11. The molecule has 1 aromatic heterocycles. The Balaban J connectivity index is 2.56. The maximum Gasteiger partial charge on any atom is 0.271 e. The van der Waals surface area contributed by atoms with Gasteiger partial charge >= 0.3 is 0 Å². The molecule has 0 saturated carbocycles. The molecule has 1 aromatic rings. The van der Waals surface area contributed by atoms with E-state index in [0.717, 1.165) is 0 Å². The second-order valence-electron chi connectivity index (χ2n) is 2.47. The van der Waals surface area contributed by atoms with E-state index in [-0.39, 0.29) is 16.9 Å². The Morgan fingerprint density at radius 1 is 1.85 bits per heavy atom. The van der Waals surface area contributed by atoms with Crippen LogP contribution >= 0.6 is 23.6 Å². The van der Waals surface area contributed by atoms with Crippen LogP contribution in [0.3, 0.4) is 0 Å². The molecule has 1 rings (SSSR count). The van der Waals surface area contributed by atoms with E-state index < -0.39 is 0 Å². The summed E-state index contributed by atoms with van der Waals surface area (Å²) in [6, 6.07) is -0.302. The third kappa shape index (κ3) is 2.74. The molecular formula is C7H9N3OS2. The molecule has 70 valence electrons. The molecule has 1 heterocycles. The molecule has 3 N–H and O–H groups in total. The monoisotopic (exact) mass is 215 g/mol. The molecule has 6 heteroatoms. The quantitative estimate of drug-likeness (QED) is 0.722. The van der Waals surface area contributed by atoms with Crippen LogP contribution < -0.4 is 11.1 Å². The summed E-state index contributed by atoms with van der Waals surface area (Å²) in [5, 5.41) is 4.29. The standard InChI is InChI=1S/C7H9N3OS2/c1-4(6(8)12)10-7(11)5-2-13-3-9-5/h2-4H,1H3,(H2,8,12)(H,10,11). The van der Waals surface area contributed by atoms with Crippen molar-refractivity contribution in [1.82, 2.24) is 10.3 Å². The maximum absolute atomic E-state index is 11.3. The van der Waals surface area contributed by atoms with Crippen LogP contribution in [0.2, 0.25) is 0 Å². The second kappa shape index (κ2) is 4.29. The van der Waals surface area contributed by atoms with Crippen LogP contribution in [0.15, 0.2) is 10.9 Å². The number of carbonyl (C=O) groups excluding carboxylic acids is 1. The number of nitrogens with zero attached hydrogens (tertiary/aromatic N) is 1. The number of hydrogen-bond donors (Lipinski definition) is 2. The van der Waals surface area contributed by atoms with Crippen LogP contribution in [0.4, 0.5) is 0 Å². The van der Waals surface area contributed by atoms with E-state index in [1.807, 2.05) is 0 Å². The van der Waals surface area contributed by atoms with Crippen LogP contribution in [-0.4, -0.2) is 21.9 Å². The van der Waals surface area contributed by atoms with Crippen molar-refractivity contribution in [2.45, 2.75) is 13.0 Å². The molecule has 0 saturated heterocycles. The number of thiocarbonyl (C=S) groups is 1. The molecule has 0 aliphatic heterocycles. The summed E-state index contributed by atoms with van der Waals surface area (Å²) < 4.78 is 0. The number of amides is 1. The first-order valence-electron chi connectivity index (χ1n) is 3.59. The summed E-state index contributed by atoms with van der Waals surface area (Å²) in [5.41, 5.74) is 7.33. The van der Waals surface area contributed by atoms with Gasteiger partial charge in [0.15, 0.2) is 0 Å². The highest BCUT2D eigenvalue weighted by atomic mass is 32.1. The largest absolute Gasteiger partial charge is 0.392 e. The van der Waals surface area contributed by atoms with Gasteiger partial charge in [0.1, 0.15) is 5.69 Å². The number of hydrogen-bond acceptors (Lipinski definition) is 4. The molecule has 1 amide bonds. The Morgan fingerprint density at radius 3 is 3.00 bits per heavy atom. The van der Waals surface area contributed by atoms with Gasteiger partial charge in [0.05, 0.1) is 16.5 Å². The summed E-state index contributed by atoms with van der Waals surface area (Å²) in [6.45, 7) is 1.73. The Kier molecular flexibility index (Phi) is 3.32. The molecule has 0 spiro atoms. The molecule has 0 fully saturated rings. The van der Waals surface area contributed by atoms with E-state index in [2.05, 4.69) is 10.3 Å². The van der Waals surface area contributed by atoms with E-state index >= 15 is 0 Å². The Morgan fingerprint density at radius 2 is 2.54 bits per heavy atom. The van der Waals surface area contributed by atoms with Crippen LogP contribution in [-0.2, 0) is 0 Å². The van der Waals surface area contributed by atoms with Gasteiger partial charge in [-0.25, -0.2) is 4.98 Å². The zero-order chi connectivity index (χ0) is 9.84. The summed E-state index contributed by atoms with van der Waals surface area (Å²) in [6.07, 6.45) is 0. The predicted molar refractivity (Wildman–Crippen MR) is 55.8 cm³/mol. The lowest BCUT2D eigenvalue weighted by Gasteiger charge is -2.10. The minimum Gasteiger partial charge on any atom is -0.392 e. The van der Waals surface area contributed by atoms with Crippen molar-refractivity contribution in [3.63, 3.8) is 0 Å². The van der Waals surface area contributed by atoms with Gasteiger partial charge in [-0.2, -0.15) is 0 Å². The van der Waals surface area contributed by atoms with Crippen molar-refractivity contribution in [3.8, 4) is 0 Å². The van der Waals surface area contributed by atoms with Gasteiger partial charge in [-0.3, -0.25) is 4.79 Å². The first kappa shape index (κ1) is 10.1. The van der Waals surface area contributed by atoms with Gasteiger partial charge in [-0.15, -0.1) is 11.3 Å². The average Bonchev–Trinajstić information content (AvgIpc) is 2.55. The topological polar surface area (TPSA) is 68.0 Å². The zero-order valence-corrected chi connectivity index (χ0v) is 8.61. The van der Waals surface area contributed by atoms with Crippen molar-refractivity contribution >= 4 is 34.5 Å². The third-order valence-electron chi connectivity index (χ3n) is 1.44. The van der Waals surface area contributed by atoms with Crippen molar-refractivity contribution in [2.75, 3.05) is 0 Å². The highest BCUT2D eigenvalue weighted by Crippen LogP contribution is 2.00. The summed E-state index contributed by atoms with van der Waals surface area (Å²) >= 11 is 6.08. The number of rotatable bonds is 3. The Bertz CT molecular complexity index is 310. The van der Waals surface area contributed by atoms with E-state index in [4.69, 9.17) is 18.0 Å². The summed E-state index contributed by atoms with van der Waals surface area (Å²) in [4.78, 5) is 15.5. The molecular weight excluding hydrogens is 206 g/mol. The van der Waals surface area contributed by atoms with Crippen molar-refractivity contribution < 1.29 is 4.79 Å². The van der Waals surface area contributed by atoms with Gasteiger partial charge in [0.25, 0.3) is 5.91 Å². The van der Waals surface area contributed by atoms with Crippen LogP contribution in [0, 0.1) is 0 Å². The molecule has 1 atom stereocenters. The minimum atomic E-state index is -0.302. The summed E-state index contributed by atoms with van der Waals surface area (Å²) in [7, 11) is 0. The number of nitrogens with one attached hydrogen (secondary N) is 1. The van der Waals surface area contributed by atoms with E-state index in [9.17, 15) is 4.79 Å². The van der Waals surface area contributed by atoms with Crippen LogP contribution in [0.1, 0.15) is 17.4 Å². The van der Waals surface area contributed by atoms with Crippen molar-refractivity contribution in [2.24, 2.45) is 5.73 Å². The van der Waals surface area contributed by atoms with Crippen molar-refractivity contribution in [1.29, 1.82) is 0 Å². The average molecular weight is 215 g/mol. The molecule has 4 nitrogen and oxygen atoms in total. The molecule has 0 aliphatic carbocycles. The molecule has 1 unspecified atom stereocenters. The molecule has 0 aromatic carbocycles. The highest BCUT2D eigenvalue weighted by molar-refractivity contribution is 7.80.